The molecule has 0 heterocycles. The predicted molar refractivity (Wildman–Crippen MR) is 84.5 cm³/mol. The van der Waals surface area contributed by atoms with Crippen LogP contribution in [0.5, 0.6) is 0 Å². The fourth-order valence-electron chi connectivity index (χ4n) is 7.01. The monoisotopic (exact) mass is 324 g/mol. The van der Waals surface area contributed by atoms with E-state index < -0.39 is 22.6 Å². The topological polar surface area (TPSA) is 57.5 Å². The van der Waals surface area contributed by atoms with Crippen LogP contribution in [0.2, 0.25) is 0 Å². The molecule has 8 atom stereocenters. The van der Waals surface area contributed by atoms with Gasteiger partial charge in [-0.3, -0.25) is 4.79 Å². The van der Waals surface area contributed by atoms with Crippen LogP contribution in [0.4, 0.5) is 4.39 Å². The Balaban J connectivity index is 1.76. The summed E-state index contributed by atoms with van der Waals surface area (Å²) >= 11 is 0. The number of carbonyl (C=O) groups excluding carboxylic acids is 1. The molecule has 4 fully saturated rings. The number of fused-ring (bicyclic) bond motifs is 5. The fraction of sp³-hybridized carbons (Fsp3) is 0.947. The molecule has 2 N–H and O–H groups in total. The average Bonchev–Trinajstić information content (AvgIpc) is 2.77. The number of aliphatic hydroxyl groups is 2. The molecule has 4 heteroatoms. The van der Waals surface area contributed by atoms with Crippen molar-refractivity contribution in [2.75, 3.05) is 0 Å². The molecule has 0 aromatic heterocycles. The van der Waals surface area contributed by atoms with E-state index in [1.807, 2.05) is 13.8 Å². The van der Waals surface area contributed by atoms with Gasteiger partial charge in [0.15, 0.2) is 0 Å². The van der Waals surface area contributed by atoms with E-state index in [0.717, 1.165) is 19.3 Å². The maximum Gasteiger partial charge on any atom is 0.145 e. The van der Waals surface area contributed by atoms with Gasteiger partial charge < -0.3 is 10.2 Å². The van der Waals surface area contributed by atoms with Crippen LogP contribution < -0.4 is 0 Å². The van der Waals surface area contributed by atoms with Gasteiger partial charge in [-0.25, -0.2) is 4.39 Å². The Labute approximate surface area is 137 Å². The number of rotatable bonds is 0. The minimum atomic E-state index is -1.61. The molecule has 8 unspecified atom stereocenters. The summed E-state index contributed by atoms with van der Waals surface area (Å²) in [6, 6.07) is 0. The molecule has 0 aromatic carbocycles. The maximum absolute atomic E-state index is 16.6. The highest BCUT2D eigenvalue weighted by Gasteiger charge is 2.71. The van der Waals surface area contributed by atoms with Crippen LogP contribution in [0.1, 0.15) is 65.2 Å². The van der Waals surface area contributed by atoms with Gasteiger partial charge in [0.25, 0.3) is 0 Å². The van der Waals surface area contributed by atoms with Crippen LogP contribution in [0, 0.1) is 28.6 Å². The van der Waals surface area contributed by atoms with E-state index in [0.29, 0.717) is 25.7 Å². The van der Waals surface area contributed by atoms with E-state index in [4.69, 9.17) is 0 Å². The molecule has 4 aliphatic carbocycles. The molecule has 0 amide bonds. The van der Waals surface area contributed by atoms with Crippen molar-refractivity contribution < 1.29 is 19.4 Å². The molecule has 0 spiro atoms. The largest absolute Gasteiger partial charge is 0.393 e. The van der Waals surface area contributed by atoms with Crippen LogP contribution in [0.15, 0.2) is 0 Å². The van der Waals surface area contributed by atoms with E-state index in [-0.39, 0.29) is 36.1 Å². The molecular weight excluding hydrogens is 295 g/mol. The lowest BCUT2D eigenvalue weighted by atomic mass is 9.43. The highest BCUT2D eigenvalue weighted by molar-refractivity contribution is 5.87. The van der Waals surface area contributed by atoms with Crippen LogP contribution in [-0.4, -0.2) is 33.9 Å². The summed E-state index contributed by atoms with van der Waals surface area (Å²) in [6.45, 7) is 3.95. The molecule has 23 heavy (non-hydrogen) atoms. The summed E-state index contributed by atoms with van der Waals surface area (Å²) in [5.74, 6) is 0.228. The van der Waals surface area contributed by atoms with Gasteiger partial charge >= 0.3 is 0 Å². The van der Waals surface area contributed by atoms with Crippen LogP contribution in [0.25, 0.3) is 0 Å². The summed E-state index contributed by atoms with van der Waals surface area (Å²) in [5, 5.41) is 20.9. The Hall–Kier alpha value is -0.480. The van der Waals surface area contributed by atoms with Crippen molar-refractivity contribution in [1.82, 2.24) is 0 Å². The number of hydrogen-bond acceptors (Lipinski definition) is 3. The summed E-state index contributed by atoms with van der Waals surface area (Å²) in [4.78, 5) is 12.4. The van der Waals surface area contributed by atoms with Gasteiger partial charge in [0, 0.05) is 17.3 Å². The average molecular weight is 324 g/mol. The number of carbonyl (C=O) groups is 1. The molecule has 0 radical (unpaired) electrons. The number of aliphatic hydroxyl groups excluding tert-OH is 2. The third-order valence-electron chi connectivity index (χ3n) is 8.42. The fourth-order valence-corrected chi connectivity index (χ4v) is 7.01. The van der Waals surface area contributed by atoms with E-state index in [9.17, 15) is 15.0 Å². The summed E-state index contributed by atoms with van der Waals surface area (Å²) in [7, 11) is 0. The molecule has 130 valence electrons. The molecule has 4 saturated carbocycles. The van der Waals surface area contributed by atoms with Gasteiger partial charge in [-0.2, -0.15) is 0 Å². The third kappa shape index (κ3) is 1.80. The van der Waals surface area contributed by atoms with E-state index in [2.05, 4.69) is 0 Å². The van der Waals surface area contributed by atoms with Gasteiger partial charge in [-0.15, -0.1) is 0 Å². The van der Waals surface area contributed by atoms with Gasteiger partial charge in [-0.05, 0) is 62.7 Å². The lowest BCUT2D eigenvalue weighted by Gasteiger charge is -2.64. The molecule has 0 aliphatic heterocycles. The summed E-state index contributed by atoms with van der Waals surface area (Å²) in [6.07, 6.45) is 3.79. The summed E-state index contributed by atoms with van der Waals surface area (Å²) < 4.78 is 16.6. The Morgan fingerprint density at radius 3 is 2.57 bits per heavy atom. The zero-order valence-corrected chi connectivity index (χ0v) is 14.2. The van der Waals surface area contributed by atoms with E-state index >= 15 is 4.39 Å². The van der Waals surface area contributed by atoms with Crippen molar-refractivity contribution in [3.63, 3.8) is 0 Å². The van der Waals surface area contributed by atoms with Crippen molar-refractivity contribution >= 4 is 5.78 Å². The van der Waals surface area contributed by atoms with Crippen LogP contribution in [0.3, 0.4) is 0 Å². The zero-order chi connectivity index (χ0) is 16.6. The minimum Gasteiger partial charge on any atom is -0.393 e. The second kappa shape index (κ2) is 4.78. The van der Waals surface area contributed by atoms with Crippen molar-refractivity contribution in [2.45, 2.75) is 83.1 Å². The Bertz CT molecular complexity index is 537. The highest BCUT2D eigenvalue weighted by Crippen LogP contribution is 2.68. The molecule has 4 rings (SSSR count). The van der Waals surface area contributed by atoms with Crippen molar-refractivity contribution in [2.24, 2.45) is 28.6 Å². The smallest absolute Gasteiger partial charge is 0.145 e. The maximum atomic E-state index is 16.6. The number of alkyl halides is 1. The Morgan fingerprint density at radius 1 is 1.09 bits per heavy atom. The van der Waals surface area contributed by atoms with Gasteiger partial charge in [-0.1, -0.05) is 13.8 Å². The lowest BCUT2D eigenvalue weighted by Crippen LogP contribution is -2.69. The van der Waals surface area contributed by atoms with Crippen LogP contribution >= 0.6 is 0 Å². The summed E-state index contributed by atoms with van der Waals surface area (Å²) in [5.41, 5.74) is -2.70. The second-order valence-electron chi connectivity index (χ2n) is 9.20. The van der Waals surface area contributed by atoms with E-state index in [1.54, 1.807) is 0 Å². The minimum absolute atomic E-state index is 0.0769. The Morgan fingerprint density at radius 2 is 1.83 bits per heavy atom. The number of ketones is 1. The lowest BCUT2D eigenvalue weighted by molar-refractivity contribution is -0.244. The van der Waals surface area contributed by atoms with Crippen LogP contribution in [-0.2, 0) is 4.79 Å². The second-order valence-corrected chi connectivity index (χ2v) is 9.20. The van der Waals surface area contributed by atoms with Crippen molar-refractivity contribution in [1.29, 1.82) is 0 Å². The first-order chi connectivity index (χ1) is 10.7. The molecule has 3 nitrogen and oxygen atoms in total. The Kier molecular flexibility index (Phi) is 3.33. The normalized spacial score (nSPS) is 59.2. The van der Waals surface area contributed by atoms with Crippen molar-refractivity contribution in [3.8, 4) is 0 Å². The SMILES string of the molecule is CC12CC(O)C3(F)C(CCC4CC(O)CCC43C)C1CCC2=O. The first-order valence-corrected chi connectivity index (χ1v) is 9.32. The quantitative estimate of drug-likeness (QED) is 0.720. The molecule has 4 aliphatic rings. The molecule has 0 saturated heterocycles. The van der Waals surface area contributed by atoms with Gasteiger partial charge in [0.2, 0.25) is 0 Å². The first kappa shape index (κ1) is 16.0. The molecular formula is C19H29FO3. The highest BCUT2D eigenvalue weighted by atomic mass is 19.1. The third-order valence-corrected chi connectivity index (χ3v) is 8.42. The predicted octanol–water partition coefficient (Wildman–Crippen LogP) is 3.02. The molecule has 0 bridgehead atoms. The van der Waals surface area contributed by atoms with Crippen molar-refractivity contribution in [3.05, 3.63) is 0 Å². The van der Waals surface area contributed by atoms with Gasteiger partial charge in [0.05, 0.1) is 12.2 Å². The van der Waals surface area contributed by atoms with E-state index in [1.165, 1.54) is 0 Å². The standard InChI is InChI=1S/C19H29FO3/c1-17-10-16(23)19(20)14(13(17)5-6-15(17)22)4-3-11-9-12(21)7-8-18(11,19)2/h11-14,16,21,23H,3-10H2,1-2H3. The number of hydrogen-bond donors (Lipinski definition) is 2. The van der Waals surface area contributed by atoms with Gasteiger partial charge in [0.1, 0.15) is 11.5 Å². The molecule has 0 aromatic rings. The zero-order valence-electron chi connectivity index (χ0n) is 14.2. The number of Topliss-reactive ketones (excluding diaryl/α,β-unsaturated/α-hetero) is 1. The first-order valence-electron chi connectivity index (χ1n) is 9.32. The number of halogens is 1.